The van der Waals surface area contributed by atoms with Gasteiger partial charge in [0.25, 0.3) is 5.56 Å². The molecule has 35 heavy (non-hydrogen) atoms. The van der Waals surface area contributed by atoms with Gasteiger partial charge in [-0.3, -0.25) is 19.8 Å². The predicted octanol–water partition coefficient (Wildman–Crippen LogP) is 3.29. The normalized spacial score (nSPS) is 16.8. The summed E-state index contributed by atoms with van der Waals surface area (Å²) in [5.41, 5.74) is 4.66. The number of anilines is 1. The number of hydrogen-bond acceptors (Lipinski definition) is 7. The van der Waals surface area contributed by atoms with Gasteiger partial charge in [-0.2, -0.15) is 0 Å². The van der Waals surface area contributed by atoms with Gasteiger partial charge in [0.05, 0.1) is 11.3 Å². The first-order valence-corrected chi connectivity index (χ1v) is 11.9. The summed E-state index contributed by atoms with van der Waals surface area (Å²) in [7, 11) is 0. The fourth-order valence-electron chi connectivity index (χ4n) is 4.53. The van der Waals surface area contributed by atoms with Crippen LogP contribution in [0.25, 0.3) is 21.3 Å². The van der Waals surface area contributed by atoms with Crippen LogP contribution in [-0.2, 0) is 9.59 Å². The van der Waals surface area contributed by atoms with Crippen molar-refractivity contribution in [3.63, 3.8) is 0 Å². The number of ether oxygens (including phenoxy) is 2. The van der Waals surface area contributed by atoms with Crippen LogP contribution in [0.1, 0.15) is 11.3 Å². The van der Waals surface area contributed by atoms with Crippen molar-refractivity contribution in [3.05, 3.63) is 70.1 Å². The SMILES string of the molecule is Cc1sc2ncn(NC(=O)C3CC(=O)N(c4ccc5c(c4)OCO5)C3)c(=O)c2c1-c1ccccc1. The second kappa shape index (κ2) is 8.24. The van der Waals surface area contributed by atoms with Crippen molar-refractivity contribution < 1.29 is 19.1 Å². The molecule has 2 aromatic carbocycles. The van der Waals surface area contributed by atoms with Crippen molar-refractivity contribution >= 4 is 39.1 Å². The summed E-state index contributed by atoms with van der Waals surface area (Å²) in [6.45, 7) is 2.29. The molecule has 6 rings (SSSR count). The summed E-state index contributed by atoms with van der Waals surface area (Å²) >= 11 is 1.44. The van der Waals surface area contributed by atoms with E-state index in [1.54, 1.807) is 23.1 Å². The molecule has 1 atom stereocenters. The number of carbonyl (C=O) groups excluding carboxylic acids is 2. The first-order valence-electron chi connectivity index (χ1n) is 11.1. The molecule has 0 saturated carbocycles. The minimum absolute atomic E-state index is 0.0392. The summed E-state index contributed by atoms with van der Waals surface area (Å²) in [6, 6.07) is 14.9. The molecule has 2 aliphatic rings. The number of fused-ring (bicyclic) bond motifs is 2. The number of benzene rings is 2. The molecule has 176 valence electrons. The van der Waals surface area contributed by atoms with Crippen molar-refractivity contribution in [2.45, 2.75) is 13.3 Å². The van der Waals surface area contributed by atoms with Crippen molar-refractivity contribution in [3.8, 4) is 22.6 Å². The van der Waals surface area contributed by atoms with Gasteiger partial charge in [-0.05, 0) is 24.6 Å². The number of hydrogen-bond donors (Lipinski definition) is 1. The van der Waals surface area contributed by atoms with Gasteiger partial charge in [0.15, 0.2) is 11.5 Å². The molecule has 0 radical (unpaired) electrons. The second-order valence-corrected chi connectivity index (χ2v) is 9.62. The zero-order chi connectivity index (χ0) is 24.1. The predicted molar refractivity (Wildman–Crippen MR) is 131 cm³/mol. The van der Waals surface area contributed by atoms with Crippen LogP contribution < -0.4 is 25.4 Å². The minimum atomic E-state index is -0.617. The summed E-state index contributed by atoms with van der Waals surface area (Å²) < 4.78 is 11.8. The van der Waals surface area contributed by atoms with E-state index in [2.05, 4.69) is 10.4 Å². The molecule has 1 saturated heterocycles. The Morgan fingerprint density at radius 3 is 2.74 bits per heavy atom. The fraction of sp³-hybridized carbons (Fsp3) is 0.200. The third-order valence-electron chi connectivity index (χ3n) is 6.25. The topological polar surface area (TPSA) is 103 Å². The highest BCUT2D eigenvalue weighted by atomic mass is 32.1. The lowest BCUT2D eigenvalue weighted by atomic mass is 10.0. The van der Waals surface area contributed by atoms with E-state index in [0.717, 1.165) is 20.7 Å². The highest BCUT2D eigenvalue weighted by molar-refractivity contribution is 7.19. The maximum atomic E-state index is 13.4. The summed E-state index contributed by atoms with van der Waals surface area (Å²) in [6.07, 6.45) is 1.36. The van der Waals surface area contributed by atoms with Gasteiger partial charge in [0.2, 0.25) is 18.6 Å². The van der Waals surface area contributed by atoms with Crippen molar-refractivity contribution in [2.75, 3.05) is 23.7 Å². The van der Waals surface area contributed by atoms with E-state index in [1.165, 1.54) is 17.7 Å². The van der Waals surface area contributed by atoms with Crippen LogP contribution in [0.15, 0.2) is 59.7 Å². The standard InChI is InChI=1S/C25H20N4O5S/c1-14-21(15-5-3-2-4-6-15)22-24(35-14)26-12-29(25(22)32)27-23(31)16-9-20(30)28(11-16)17-7-8-18-19(10-17)34-13-33-18/h2-8,10,12,16H,9,11,13H2,1H3,(H,27,31). The number of aryl methyl sites for hydroxylation is 1. The number of aromatic nitrogens is 2. The molecule has 1 fully saturated rings. The number of nitrogens with one attached hydrogen (secondary N) is 1. The van der Waals surface area contributed by atoms with Crippen molar-refractivity contribution in [1.82, 2.24) is 9.66 Å². The number of nitrogens with zero attached hydrogens (tertiary/aromatic N) is 3. The molecule has 0 aliphatic carbocycles. The summed E-state index contributed by atoms with van der Waals surface area (Å²) in [4.78, 5) is 46.6. The van der Waals surface area contributed by atoms with Gasteiger partial charge in [0.1, 0.15) is 11.2 Å². The Morgan fingerprint density at radius 1 is 1.11 bits per heavy atom. The van der Waals surface area contributed by atoms with E-state index in [4.69, 9.17) is 9.47 Å². The Hall–Kier alpha value is -4.18. The smallest absolute Gasteiger partial charge is 0.281 e. The largest absolute Gasteiger partial charge is 0.454 e. The number of thiophene rings is 1. The van der Waals surface area contributed by atoms with Gasteiger partial charge in [-0.15, -0.1) is 11.3 Å². The molecule has 0 bridgehead atoms. The van der Waals surface area contributed by atoms with E-state index in [1.807, 2.05) is 37.3 Å². The van der Waals surface area contributed by atoms with Gasteiger partial charge >= 0.3 is 0 Å². The van der Waals surface area contributed by atoms with Crippen LogP contribution in [0.5, 0.6) is 11.5 Å². The molecule has 2 aliphatic heterocycles. The fourth-order valence-corrected chi connectivity index (χ4v) is 5.53. The van der Waals surface area contributed by atoms with Gasteiger partial charge < -0.3 is 14.4 Å². The van der Waals surface area contributed by atoms with E-state index in [-0.39, 0.29) is 31.2 Å². The first kappa shape index (κ1) is 21.4. The Kier molecular flexibility index (Phi) is 5.03. The van der Waals surface area contributed by atoms with E-state index in [0.29, 0.717) is 27.4 Å². The van der Waals surface area contributed by atoms with Gasteiger partial charge in [-0.25, -0.2) is 9.66 Å². The molecule has 4 heterocycles. The Labute approximate surface area is 203 Å². The van der Waals surface area contributed by atoms with Gasteiger partial charge in [-0.1, -0.05) is 30.3 Å². The Morgan fingerprint density at radius 2 is 1.91 bits per heavy atom. The molecule has 0 spiro atoms. The number of carbonyl (C=O) groups is 2. The maximum absolute atomic E-state index is 13.4. The third-order valence-corrected chi connectivity index (χ3v) is 7.26. The molecule has 9 nitrogen and oxygen atoms in total. The number of amides is 2. The molecular weight excluding hydrogens is 468 g/mol. The zero-order valence-electron chi connectivity index (χ0n) is 18.7. The van der Waals surface area contributed by atoms with E-state index >= 15 is 0 Å². The lowest BCUT2D eigenvalue weighted by Gasteiger charge is -2.17. The lowest BCUT2D eigenvalue weighted by Crippen LogP contribution is -2.37. The van der Waals surface area contributed by atoms with Crippen LogP contribution in [0.2, 0.25) is 0 Å². The average molecular weight is 489 g/mol. The minimum Gasteiger partial charge on any atom is -0.454 e. The number of rotatable bonds is 4. The van der Waals surface area contributed by atoms with Crippen LogP contribution in [0.4, 0.5) is 5.69 Å². The quantitative estimate of drug-likeness (QED) is 0.473. The highest BCUT2D eigenvalue weighted by Crippen LogP contribution is 2.37. The molecular formula is C25H20N4O5S. The average Bonchev–Trinajstić information content (AvgIpc) is 3.57. The molecule has 1 unspecified atom stereocenters. The third kappa shape index (κ3) is 3.62. The summed E-state index contributed by atoms with van der Waals surface area (Å²) in [5, 5.41) is 0.464. The lowest BCUT2D eigenvalue weighted by molar-refractivity contribution is -0.123. The van der Waals surface area contributed by atoms with Gasteiger partial charge in [0, 0.05) is 35.2 Å². The Bertz CT molecular complexity index is 1540. The van der Waals surface area contributed by atoms with Crippen LogP contribution in [0, 0.1) is 12.8 Å². The van der Waals surface area contributed by atoms with Crippen LogP contribution in [0.3, 0.4) is 0 Å². The second-order valence-electron chi connectivity index (χ2n) is 8.42. The molecule has 2 aromatic heterocycles. The Balaban J connectivity index is 1.26. The van der Waals surface area contributed by atoms with E-state index in [9.17, 15) is 14.4 Å². The molecule has 10 heteroatoms. The van der Waals surface area contributed by atoms with Crippen molar-refractivity contribution in [1.29, 1.82) is 0 Å². The highest BCUT2D eigenvalue weighted by Gasteiger charge is 2.36. The first-order chi connectivity index (χ1) is 17.0. The monoisotopic (exact) mass is 488 g/mol. The summed E-state index contributed by atoms with van der Waals surface area (Å²) in [5.74, 6) is -0.0268. The van der Waals surface area contributed by atoms with E-state index < -0.39 is 11.8 Å². The van der Waals surface area contributed by atoms with Crippen LogP contribution in [-0.4, -0.2) is 34.8 Å². The maximum Gasteiger partial charge on any atom is 0.281 e. The van der Waals surface area contributed by atoms with Crippen molar-refractivity contribution in [2.24, 2.45) is 5.92 Å². The molecule has 1 N–H and O–H groups in total. The molecule has 2 amide bonds. The van der Waals surface area contributed by atoms with Crippen LogP contribution >= 0.6 is 11.3 Å². The molecule has 4 aromatic rings. The zero-order valence-corrected chi connectivity index (χ0v) is 19.5.